The van der Waals surface area contributed by atoms with Gasteiger partial charge in [-0.3, -0.25) is 9.89 Å². The number of carbonyl (C=O) groups is 1. The van der Waals surface area contributed by atoms with E-state index in [2.05, 4.69) is 26.9 Å². The normalized spacial score (nSPS) is 20.7. The van der Waals surface area contributed by atoms with Crippen LogP contribution in [0.2, 0.25) is 0 Å². The molecule has 7 rings (SSSR count). The lowest BCUT2D eigenvalue weighted by atomic mass is 9.55. The molecule has 2 aromatic carbocycles. The number of rotatable bonds is 4. The summed E-state index contributed by atoms with van der Waals surface area (Å²) in [6, 6.07) is 8.36. The molecule has 3 aliphatic rings. The van der Waals surface area contributed by atoms with Crippen molar-refractivity contribution < 1.29 is 23.4 Å². The van der Waals surface area contributed by atoms with Crippen LogP contribution in [0.5, 0.6) is 0 Å². The molecule has 1 aliphatic carbocycles. The lowest BCUT2D eigenvalue weighted by Gasteiger charge is -2.59. The van der Waals surface area contributed by atoms with Crippen LogP contribution < -0.4 is 0 Å². The second kappa shape index (κ2) is 8.61. The molecule has 1 spiro atoms. The first-order valence-corrected chi connectivity index (χ1v) is 13.3. The summed E-state index contributed by atoms with van der Waals surface area (Å²) in [6.07, 6.45) is 4.43. The Morgan fingerprint density at radius 2 is 1.89 bits per heavy atom. The van der Waals surface area contributed by atoms with Crippen molar-refractivity contribution in [2.24, 2.45) is 5.41 Å². The second-order valence-corrected chi connectivity index (χ2v) is 11.4. The number of carbonyl (C=O) groups excluding carboxylic acids is 1. The van der Waals surface area contributed by atoms with Crippen molar-refractivity contribution in [2.45, 2.75) is 50.5 Å². The molecule has 4 aromatic rings. The van der Waals surface area contributed by atoms with Gasteiger partial charge in [0.05, 0.1) is 17.2 Å². The van der Waals surface area contributed by atoms with Crippen molar-refractivity contribution in [2.75, 3.05) is 26.3 Å². The maximum atomic E-state index is 14.5. The summed E-state index contributed by atoms with van der Waals surface area (Å²) in [4.78, 5) is 14.0. The lowest BCUT2D eigenvalue weighted by Crippen LogP contribution is -2.64. The number of aromatic nitrogens is 3. The van der Waals surface area contributed by atoms with Gasteiger partial charge in [0.2, 0.25) is 0 Å². The molecule has 3 fully saturated rings. The molecule has 2 N–H and O–H groups in total. The van der Waals surface area contributed by atoms with Gasteiger partial charge in [0.25, 0.3) is 5.91 Å². The van der Waals surface area contributed by atoms with Gasteiger partial charge in [-0.15, -0.1) is 0 Å². The van der Waals surface area contributed by atoms with Crippen LogP contribution in [0.4, 0.5) is 8.78 Å². The Morgan fingerprint density at radius 1 is 1.13 bits per heavy atom. The van der Waals surface area contributed by atoms with E-state index in [1.807, 2.05) is 0 Å². The van der Waals surface area contributed by atoms with Gasteiger partial charge in [0.1, 0.15) is 6.10 Å². The van der Waals surface area contributed by atoms with Crippen molar-refractivity contribution in [1.82, 2.24) is 19.7 Å². The smallest absolute Gasteiger partial charge is 0.251 e. The van der Waals surface area contributed by atoms with E-state index in [4.69, 9.17) is 4.74 Å². The van der Waals surface area contributed by atoms with E-state index in [1.54, 1.807) is 17.2 Å². The molecule has 38 heavy (non-hydrogen) atoms. The van der Waals surface area contributed by atoms with Crippen molar-refractivity contribution >= 4 is 27.7 Å². The molecular formula is C29H30F2N4O3. The first-order chi connectivity index (χ1) is 18.3. The van der Waals surface area contributed by atoms with Crippen LogP contribution in [0, 0.1) is 17.0 Å². The monoisotopic (exact) mass is 520 g/mol. The molecule has 9 heteroatoms. The van der Waals surface area contributed by atoms with Gasteiger partial charge < -0.3 is 19.3 Å². The molecule has 2 saturated heterocycles. The average molecular weight is 521 g/mol. The summed E-state index contributed by atoms with van der Waals surface area (Å²) in [5.74, 6) is -1.43. The zero-order chi connectivity index (χ0) is 26.2. The van der Waals surface area contributed by atoms with Crippen molar-refractivity contribution in [3.8, 4) is 5.69 Å². The minimum absolute atomic E-state index is 0.0800. The Morgan fingerprint density at radius 3 is 2.61 bits per heavy atom. The van der Waals surface area contributed by atoms with Crippen LogP contribution >= 0.6 is 0 Å². The summed E-state index contributed by atoms with van der Waals surface area (Å²) >= 11 is 0. The Labute approximate surface area is 218 Å². The molecule has 1 saturated carbocycles. The number of aromatic amines is 1. The van der Waals surface area contributed by atoms with E-state index in [0.717, 1.165) is 53.2 Å². The summed E-state index contributed by atoms with van der Waals surface area (Å²) in [6.45, 7) is 4.19. The summed E-state index contributed by atoms with van der Waals surface area (Å²) < 4.78 is 36.3. The van der Waals surface area contributed by atoms with Gasteiger partial charge in [-0.2, -0.15) is 5.10 Å². The van der Waals surface area contributed by atoms with Gasteiger partial charge >= 0.3 is 0 Å². The molecule has 7 nitrogen and oxygen atoms in total. The molecular weight excluding hydrogens is 490 g/mol. The number of ether oxygens (including phenoxy) is 1. The fourth-order valence-corrected chi connectivity index (χ4v) is 7.10. The number of aliphatic hydroxyl groups excluding tert-OH is 1. The third-order valence-electron chi connectivity index (χ3n) is 8.86. The highest BCUT2D eigenvalue weighted by Gasteiger charge is 2.55. The quantitative estimate of drug-likeness (QED) is 0.406. The summed E-state index contributed by atoms with van der Waals surface area (Å²) in [5, 5.41) is 19.1. The van der Waals surface area contributed by atoms with Crippen molar-refractivity contribution in [1.29, 1.82) is 0 Å². The maximum Gasteiger partial charge on any atom is 0.251 e. The Bertz CT molecular complexity index is 1560. The molecule has 1 atom stereocenters. The zero-order valence-corrected chi connectivity index (χ0v) is 21.2. The maximum absolute atomic E-state index is 14.5. The van der Waals surface area contributed by atoms with Crippen LogP contribution in [0.1, 0.15) is 55.7 Å². The topological polar surface area (TPSA) is 83.4 Å². The van der Waals surface area contributed by atoms with E-state index < -0.39 is 17.7 Å². The van der Waals surface area contributed by atoms with Gasteiger partial charge in [-0.25, -0.2) is 8.78 Å². The van der Waals surface area contributed by atoms with E-state index >= 15 is 0 Å². The number of hydrogen-bond acceptors (Lipinski definition) is 4. The minimum Gasteiger partial charge on any atom is -0.384 e. The molecule has 0 unspecified atom stereocenters. The zero-order valence-electron chi connectivity index (χ0n) is 21.2. The Hall–Kier alpha value is -3.30. The fourth-order valence-electron chi connectivity index (χ4n) is 7.10. The third-order valence-corrected chi connectivity index (χ3v) is 8.86. The molecule has 2 aromatic heterocycles. The van der Waals surface area contributed by atoms with Crippen LogP contribution in [-0.4, -0.2) is 63.1 Å². The molecule has 0 radical (unpaired) electrons. The highest BCUT2D eigenvalue weighted by molar-refractivity contribution is 5.99. The standard InChI is InChI=1S/C29H30F2N4O3/c1-16(36)28(37)34-14-29(15-34)11-19(12-29)26-21-10-24-18(13-32-33-24)8-25(21)35(20-2-3-22(30)23(31)9-20)27(26)17-4-6-38-7-5-17/h2-3,8-10,13,16-17,19,36H,4-7,11-12,14-15H2,1H3,(H,32,33)/t16-/m0/s1. The minimum atomic E-state index is -0.978. The van der Waals surface area contributed by atoms with Crippen LogP contribution in [0.25, 0.3) is 27.5 Å². The van der Waals surface area contributed by atoms with Crippen LogP contribution in [0.3, 0.4) is 0 Å². The fraction of sp³-hybridized carbons (Fsp3) is 0.448. The molecule has 2 aliphatic heterocycles. The number of aliphatic hydroxyl groups is 1. The number of nitrogens with one attached hydrogen (secondary N) is 1. The van der Waals surface area contributed by atoms with Gasteiger partial charge in [-0.1, -0.05) is 0 Å². The van der Waals surface area contributed by atoms with Gasteiger partial charge in [-0.05, 0) is 68.4 Å². The highest BCUT2D eigenvalue weighted by Crippen LogP contribution is 2.59. The van der Waals surface area contributed by atoms with E-state index in [0.29, 0.717) is 32.0 Å². The lowest BCUT2D eigenvalue weighted by molar-refractivity contribution is -0.159. The predicted molar refractivity (Wildman–Crippen MR) is 138 cm³/mol. The SMILES string of the molecule is C[C@H](O)C(=O)N1CC2(CC(c3c(C4CCOCC4)n(-c4ccc(F)c(F)c4)c4cc5cn[nH]c5cc34)C2)C1. The predicted octanol–water partition coefficient (Wildman–Crippen LogP) is 4.77. The molecule has 198 valence electrons. The van der Waals surface area contributed by atoms with Crippen molar-refractivity contribution in [3.05, 3.63) is 59.4 Å². The van der Waals surface area contributed by atoms with E-state index in [-0.39, 0.29) is 23.2 Å². The highest BCUT2D eigenvalue weighted by atomic mass is 19.2. The van der Waals surface area contributed by atoms with E-state index in [1.165, 1.54) is 24.6 Å². The number of amides is 1. The average Bonchev–Trinajstić information content (AvgIpc) is 3.45. The van der Waals surface area contributed by atoms with E-state index in [9.17, 15) is 18.7 Å². The van der Waals surface area contributed by atoms with Crippen molar-refractivity contribution in [3.63, 3.8) is 0 Å². The van der Waals surface area contributed by atoms with Crippen LogP contribution in [0.15, 0.2) is 36.5 Å². The van der Waals surface area contributed by atoms with Gasteiger partial charge in [0.15, 0.2) is 11.6 Å². The van der Waals surface area contributed by atoms with Crippen LogP contribution in [-0.2, 0) is 9.53 Å². The first-order valence-electron chi connectivity index (χ1n) is 13.3. The number of nitrogens with zero attached hydrogens (tertiary/aromatic N) is 3. The van der Waals surface area contributed by atoms with Gasteiger partial charge in [0, 0.05) is 65.9 Å². The number of fused-ring (bicyclic) bond motifs is 2. The molecule has 1 amide bonds. The number of benzene rings is 2. The second-order valence-electron chi connectivity index (χ2n) is 11.4. The number of H-pyrrole nitrogens is 1. The first kappa shape index (κ1) is 23.8. The Kier molecular flexibility index (Phi) is 5.39. The molecule has 4 heterocycles. The largest absolute Gasteiger partial charge is 0.384 e. The summed E-state index contributed by atoms with van der Waals surface area (Å²) in [7, 11) is 0. The number of halogens is 2. The summed E-state index contributed by atoms with van der Waals surface area (Å²) in [5.41, 5.74) is 5.00. The third kappa shape index (κ3) is 3.59. The Balaban J connectivity index is 1.37. The molecule has 0 bridgehead atoms. The number of hydrogen-bond donors (Lipinski definition) is 2. The number of likely N-dealkylation sites (tertiary alicyclic amines) is 1.